The molecule has 3 heterocycles. The number of piperazine rings is 1. The summed E-state index contributed by atoms with van der Waals surface area (Å²) in [7, 11) is 0. The van der Waals surface area contributed by atoms with Gasteiger partial charge in [-0.1, -0.05) is 0 Å². The summed E-state index contributed by atoms with van der Waals surface area (Å²) in [5.41, 5.74) is 2.99. The maximum absolute atomic E-state index is 12.9. The predicted molar refractivity (Wildman–Crippen MR) is 102 cm³/mol. The van der Waals surface area contributed by atoms with Gasteiger partial charge in [0, 0.05) is 61.8 Å². The van der Waals surface area contributed by atoms with Crippen LogP contribution in [0.1, 0.15) is 38.6 Å². The van der Waals surface area contributed by atoms with Crippen LogP contribution in [-0.2, 0) is 9.59 Å². The van der Waals surface area contributed by atoms with Crippen molar-refractivity contribution in [3.05, 3.63) is 23.5 Å². The third-order valence-electron chi connectivity index (χ3n) is 5.31. The quantitative estimate of drug-likeness (QED) is 0.811. The van der Waals surface area contributed by atoms with E-state index in [0.29, 0.717) is 26.1 Å². The summed E-state index contributed by atoms with van der Waals surface area (Å²) in [4.78, 5) is 35.7. The summed E-state index contributed by atoms with van der Waals surface area (Å²) in [6, 6.07) is 4.20. The zero-order valence-corrected chi connectivity index (χ0v) is 16.6. The van der Waals surface area contributed by atoms with E-state index in [2.05, 4.69) is 22.0 Å². The molecule has 0 saturated carbocycles. The lowest BCUT2D eigenvalue weighted by atomic mass is 10.1. The molecule has 0 N–H and O–H groups in total. The second-order valence-electron chi connectivity index (χ2n) is 8.50. The smallest absolute Gasteiger partial charge is 0.228 e. The van der Waals surface area contributed by atoms with Crippen molar-refractivity contribution in [3.63, 3.8) is 0 Å². The zero-order valence-electron chi connectivity index (χ0n) is 16.6. The van der Waals surface area contributed by atoms with Crippen LogP contribution < -0.4 is 4.90 Å². The van der Waals surface area contributed by atoms with E-state index in [4.69, 9.17) is 0 Å². The van der Waals surface area contributed by atoms with Gasteiger partial charge < -0.3 is 14.7 Å². The minimum atomic E-state index is -0.220. The van der Waals surface area contributed by atoms with Crippen molar-refractivity contribution in [3.8, 4) is 0 Å². The van der Waals surface area contributed by atoms with E-state index in [1.165, 1.54) is 5.69 Å². The second-order valence-corrected chi connectivity index (χ2v) is 8.50. The molecule has 142 valence electrons. The maximum atomic E-state index is 12.9. The molecule has 2 saturated heterocycles. The van der Waals surface area contributed by atoms with Gasteiger partial charge in [-0.15, -0.1) is 0 Å². The van der Waals surface area contributed by atoms with Crippen LogP contribution in [0.15, 0.2) is 12.1 Å². The van der Waals surface area contributed by atoms with Crippen LogP contribution in [0.4, 0.5) is 5.69 Å². The fourth-order valence-electron chi connectivity index (χ4n) is 3.96. The van der Waals surface area contributed by atoms with Crippen molar-refractivity contribution in [2.24, 2.45) is 5.92 Å². The Morgan fingerprint density at radius 1 is 1.08 bits per heavy atom. The number of amides is 2. The molecule has 2 aliphatic rings. The molecule has 0 spiro atoms. The molecule has 6 nitrogen and oxygen atoms in total. The summed E-state index contributed by atoms with van der Waals surface area (Å²) in [6.45, 7) is 13.7. The first kappa shape index (κ1) is 18.7. The van der Waals surface area contributed by atoms with Gasteiger partial charge >= 0.3 is 0 Å². The first-order chi connectivity index (χ1) is 12.1. The monoisotopic (exact) mass is 358 g/mol. The Morgan fingerprint density at radius 3 is 2.15 bits per heavy atom. The number of pyridine rings is 1. The van der Waals surface area contributed by atoms with E-state index in [1.54, 1.807) is 0 Å². The van der Waals surface area contributed by atoms with Gasteiger partial charge in [0.25, 0.3) is 0 Å². The highest BCUT2D eigenvalue weighted by Gasteiger charge is 2.41. The largest absolute Gasteiger partial charge is 0.368 e. The van der Waals surface area contributed by atoms with Crippen molar-refractivity contribution >= 4 is 17.5 Å². The Kier molecular flexibility index (Phi) is 4.95. The average Bonchev–Trinajstić information content (AvgIpc) is 2.95. The fraction of sp³-hybridized carbons (Fsp3) is 0.650. The SMILES string of the molecule is Cc1cc(N2CCN(C(=O)C3CC(=O)N(C(C)(C)C)C3)CC2)cc(C)n1. The molecule has 6 heteroatoms. The van der Waals surface area contributed by atoms with E-state index in [9.17, 15) is 9.59 Å². The molecule has 3 rings (SSSR count). The number of aryl methyl sites for hydroxylation is 2. The normalized spacial score (nSPS) is 21.5. The van der Waals surface area contributed by atoms with Crippen LogP contribution >= 0.6 is 0 Å². The highest BCUT2D eigenvalue weighted by molar-refractivity contribution is 5.89. The first-order valence-electron chi connectivity index (χ1n) is 9.44. The third-order valence-corrected chi connectivity index (χ3v) is 5.31. The molecule has 1 atom stereocenters. The number of anilines is 1. The van der Waals surface area contributed by atoms with Gasteiger partial charge in [-0.2, -0.15) is 0 Å². The summed E-state index contributed by atoms with van der Waals surface area (Å²) in [5.74, 6) is 0.0303. The molecule has 2 aliphatic heterocycles. The van der Waals surface area contributed by atoms with Crippen molar-refractivity contribution in [1.82, 2.24) is 14.8 Å². The van der Waals surface area contributed by atoms with Crippen LogP contribution in [0.2, 0.25) is 0 Å². The van der Waals surface area contributed by atoms with Crippen LogP contribution in [0.5, 0.6) is 0 Å². The molecule has 2 amide bonds. The number of hydrogen-bond donors (Lipinski definition) is 0. The van der Waals surface area contributed by atoms with Gasteiger partial charge in [0.1, 0.15) is 0 Å². The summed E-state index contributed by atoms with van der Waals surface area (Å²) in [5, 5.41) is 0. The standard InChI is InChI=1S/C20H30N4O2/c1-14-10-17(11-15(2)21-14)22-6-8-23(9-7-22)19(26)16-12-18(25)24(13-16)20(3,4)5/h10-11,16H,6-9,12-13H2,1-5H3. The zero-order chi connectivity index (χ0) is 19.1. The average molecular weight is 358 g/mol. The lowest BCUT2D eigenvalue weighted by molar-refractivity contribution is -0.136. The summed E-state index contributed by atoms with van der Waals surface area (Å²) >= 11 is 0. The van der Waals surface area contributed by atoms with Gasteiger partial charge in [0.2, 0.25) is 11.8 Å². The molecule has 0 bridgehead atoms. The Bertz CT molecular complexity index is 682. The van der Waals surface area contributed by atoms with Gasteiger partial charge in [-0.05, 0) is 46.8 Å². The number of aromatic nitrogens is 1. The van der Waals surface area contributed by atoms with Gasteiger partial charge in [0.15, 0.2) is 0 Å². The summed E-state index contributed by atoms with van der Waals surface area (Å²) in [6.07, 6.45) is 0.346. The van der Waals surface area contributed by atoms with Crippen molar-refractivity contribution in [2.75, 3.05) is 37.6 Å². The number of carbonyl (C=O) groups excluding carboxylic acids is 2. The van der Waals surface area contributed by atoms with Crippen molar-refractivity contribution in [1.29, 1.82) is 0 Å². The van der Waals surface area contributed by atoms with E-state index in [-0.39, 0.29) is 23.3 Å². The van der Waals surface area contributed by atoms with Crippen LogP contribution in [0.3, 0.4) is 0 Å². The molecule has 26 heavy (non-hydrogen) atoms. The van der Waals surface area contributed by atoms with E-state index in [1.807, 2.05) is 44.4 Å². The predicted octanol–water partition coefficient (Wildman–Crippen LogP) is 1.99. The first-order valence-corrected chi connectivity index (χ1v) is 9.44. The van der Waals surface area contributed by atoms with E-state index < -0.39 is 0 Å². The van der Waals surface area contributed by atoms with Crippen molar-refractivity contribution < 1.29 is 9.59 Å². The maximum Gasteiger partial charge on any atom is 0.228 e. The minimum absolute atomic E-state index is 0.0946. The Morgan fingerprint density at radius 2 is 1.65 bits per heavy atom. The fourth-order valence-corrected chi connectivity index (χ4v) is 3.96. The molecular weight excluding hydrogens is 328 g/mol. The van der Waals surface area contributed by atoms with Gasteiger partial charge in [-0.25, -0.2) is 0 Å². The molecule has 0 aromatic carbocycles. The number of hydrogen-bond acceptors (Lipinski definition) is 4. The van der Waals surface area contributed by atoms with Crippen LogP contribution in [0.25, 0.3) is 0 Å². The molecule has 1 aromatic heterocycles. The molecular formula is C20H30N4O2. The molecule has 1 unspecified atom stereocenters. The van der Waals surface area contributed by atoms with Gasteiger partial charge in [0.05, 0.1) is 5.92 Å². The molecule has 0 radical (unpaired) electrons. The number of carbonyl (C=O) groups is 2. The summed E-state index contributed by atoms with van der Waals surface area (Å²) < 4.78 is 0. The molecule has 0 aliphatic carbocycles. The highest BCUT2D eigenvalue weighted by Crippen LogP contribution is 2.27. The van der Waals surface area contributed by atoms with Crippen LogP contribution in [0, 0.1) is 19.8 Å². The lowest BCUT2D eigenvalue weighted by Gasteiger charge is -2.37. The number of likely N-dealkylation sites (tertiary alicyclic amines) is 1. The second kappa shape index (κ2) is 6.89. The number of rotatable bonds is 2. The lowest BCUT2D eigenvalue weighted by Crippen LogP contribution is -2.51. The Hall–Kier alpha value is -2.11. The Labute approximate surface area is 156 Å². The van der Waals surface area contributed by atoms with Crippen LogP contribution in [-0.4, -0.2) is 64.9 Å². The minimum Gasteiger partial charge on any atom is -0.368 e. The topological polar surface area (TPSA) is 56.8 Å². The van der Waals surface area contributed by atoms with E-state index >= 15 is 0 Å². The van der Waals surface area contributed by atoms with E-state index in [0.717, 1.165) is 24.5 Å². The molecule has 2 fully saturated rings. The third kappa shape index (κ3) is 3.84. The van der Waals surface area contributed by atoms with Gasteiger partial charge in [-0.3, -0.25) is 14.6 Å². The number of nitrogens with zero attached hydrogens (tertiary/aromatic N) is 4. The molecule has 1 aromatic rings. The Balaban J connectivity index is 1.60. The van der Waals surface area contributed by atoms with Crippen molar-refractivity contribution in [2.45, 2.75) is 46.6 Å². The highest BCUT2D eigenvalue weighted by atomic mass is 16.2.